The maximum Gasteiger partial charge on any atom is 0.231 e. The van der Waals surface area contributed by atoms with Crippen molar-refractivity contribution >= 4 is 28.1 Å². The van der Waals surface area contributed by atoms with Crippen molar-refractivity contribution in [3.05, 3.63) is 66.2 Å². The fraction of sp³-hybridized carbons (Fsp3) is 0.227. The molecule has 0 heterocycles. The maximum absolute atomic E-state index is 12.6. The molecule has 0 saturated carbocycles. The molecule has 0 aromatic heterocycles. The molecule has 0 bridgehead atoms. The van der Waals surface area contributed by atoms with Crippen molar-refractivity contribution < 1.29 is 9.53 Å². The molecule has 3 rings (SSSR count). The van der Waals surface area contributed by atoms with Gasteiger partial charge in [0.25, 0.3) is 0 Å². The number of carbonyl (C=O) groups is 1. The Morgan fingerprint density at radius 1 is 0.962 bits per heavy atom. The summed E-state index contributed by atoms with van der Waals surface area (Å²) in [6.45, 7) is 1.92. The first-order valence-electron chi connectivity index (χ1n) is 8.64. The Balaban J connectivity index is 1.76. The van der Waals surface area contributed by atoms with Crippen LogP contribution in [0, 0.1) is 0 Å². The number of anilines is 2. The number of fused-ring (bicyclic) bond motifs is 1. The highest BCUT2D eigenvalue weighted by molar-refractivity contribution is 5.96. The van der Waals surface area contributed by atoms with Gasteiger partial charge in [0.05, 0.1) is 13.0 Å². The number of benzene rings is 3. The topological polar surface area (TPSA) is 41.6 Å². The standard InChI is InChI=1S/C22H24N2O2/c1-15(22(25)23-19-8-10-20(11-9-19)24(2)3)16-5-6-18-14-21(26-4)12-7-17(18)13-16/h5-15H,1-4H3,(H,23,25)/t15-/m1/s1. The average molecular weight is 348 g/mol. The quantitative estimate of drug-likeness (QED) is 0.729. The second-order valence-corrected chi connectivity index (χ2v) is 6.62. The Kier molecular flexibility index (Phi) is 5.12. The number of hydrogen-bond donors (Lipinski definition) is 1. The molecule has 3 aromatic carbocycles. The van der Waals surface area contributed by atoms with Crippen molar-refractivity contribution in [2.45, 2.75) is 12.8 Å². The van der Waals surface area contributed by atoms with Gasteiger partial charge >= 0.3 is 0 Å². The average Bonchev–Trinajstić information content (AvgIpc) is 2.66. The first-order valence-corrected chi connectivity index (χ1v) is 8.64. The third kappa shape index (κ3) is 3.80. The van der Waals surface area contributed by atoms with Gasteiger partial charge in [0, 0.05) is 25.5 Å². The molecule has 1 atom stereocenters. The zero-order valence-electron chi connectivity index (χ0n) is 15.6. The number of nitrogens with one attached hydrogen (secondary N) is 1. The van der Waals surface area contributed by atoms with Gasteiger partial charge in [0.1, 0.15) is 5.75 Å². The van der Waals surface area contributed by atoms with E-state index in [0.717, 1.165) is 33.5 Å². The summed E-state index contributed by atoms with van der Waals surface area (Å²) in [6.07, 6.45) is 0. The van der Waals surface area contributed by atoms with Gasteiger partial charge in [-0.05, 0) is 59.7 Å². The van der Waals surface area contributed by atoms with E-state index in [1.54, 1.807) is 7.11 Å². The number of ether oxygens (including phenoxy) is 1. The van der Waals surface area contributed by atoms with Gasteiger partial charge in [-0.3, -0.25) is 4.79 Å². The van der Waals surface area contributed by atoms with Gasteiger partial charge in [-0.15, -0.1) is 0 Å². The fourth-order valence-corrected chi connectivity index (χ4v) is 2.88. The summed E-state index contributed by atoms with van der Waals surface area (Å²) >= 11 is 0. The van der Waals surface area contributed by atoms with Crippen molar-refractivity contribution in [1.82, 2.24) is 0 Å². The van der Waals surface area contributed by atoms with Gasteiger partial charge in [0.2, 0.25) is 5.91 Å². The molecule has 4 nitrogen and oxygen atoms in total. The van der Waals surface area contributed by atoms with Gasteiger partial charge in [-0.1, -0.05) is 24.3 Å². The molecule has 134 valence electrons. The van der Waals surface area contributed by atoms with Gasteiger partial charge in [-0.2, -0.15) is 0 Å². The molecule has 1 N–H and O–H groups in total. The second-order valence-electron chi connectivity index (χ2n) is 6.62. The number of methoxy groups -OCH3 is 1. The van der Waals surface area contributed by atoms with E-state index in [-0.39, 0.29) is 11.8 Å². The predicted octanol–water partition coefficient (Wildman–Crippen LogP) is 4.66. The molecule has 0 spiro atoms. The van der Waals surface area contributed by atoms with E-state index in [1.807, 2.05) is 80.5 Å². The highest BCUT2D eigenvalue weighted by Crippen LogP contribution is 2.26. The Bertz CT molecular complexity index is 917. The van der Waals surface area contributed by atoms with Crippen molar-refractivity contribution in [2.75, 3.05) is 31.4 Å². The van der Waals surface area contributed by atoms with Crippen LogP contribution in [0.25, 0.3) is 10.8 Å². The molecule has 0 aliphatic rings. The lowest BCUT2D eigenvalue weighted by molar-refractivity contribution is -0.117. The van der Waals surface area contributed by atoms with E-state index < -0.39 is 0 Å². The minimum atomic E-state index is -0.241. The van der Waals surface area contributed by atoms with Crippen LogP contribution in [0.4, 0.5) is 11.4 Å². The van der Waals surface area contributed by atoms with E-state index in [1.165, 1.54) is 0 Å². The van der Waals surface area contributed by atoms with Crippen molar-refractivity contribution in [2.24, 2.45) is 0 Å². The molecule has 0 unspecified atom stereocenters. The summed E-state index contributed by atoms with van der Waals surface area (Å²) in [5.41, 5.74) is 2.89. The number of rotatable bonds is 5. The molecule has 3 aromatic rings. The van der Waals surface area contributed by atoms with Crippen LogP contribution in [-0.2, 0) is 4.79 Å². The minimum absolute atomic E-state index is 0.0181. The van der Waals surface area contributed by atoms with Crippen molar-refractivity contribution in [3.63, 3.8) is 0 Å². The molecular weight excluding hydrogens is 324 g/mol. The number of hydrogen-bond acceptors (Lipinski definition) is 3. The van der Waals surface area contributed by atoms with Crippen LogP contribution in [0.15, 0.2) is 60.7 Å². The molecule has 0 saturated heterocycles. The van der Waals surface area contributed by atoms with Crippen LogP contribution < -0.4 is 15.0 Å². The van der Waals surface area contributed by atoms with Gasteiger partial charge in [-0.25, -0.2) is 0 Å². The summed E-state index contributed by atoms with van der Waals surface area (Å²) in [7, 11) is 5.64. The summed E-state index contributed by atoms with van der Waals surface area (Å²) in [4.78, 5) is 14.7. The lowest BCUT2D eigenvalue weighted by Gasteiger charge is -2.15. The molecule has 0 aliphatic heterocycles. The summed E-state index contributed by atoms with van der Waals surface area (Å²) in [5, 5.41) is 5.19. The third-order valence-electron chi connectivity index (χ3n) is 4.62. The molecule has 1 amide bonds. The van der Waals surface area contributed by atoms with Crippen LogP contribution in [0.2, 0.25) is 0 Å². The monoisotopic (exact) mass is 348 g/mol. The Morgan fingerprint density at radius 3 is 2.27 bits per heavy atom. The predicted molar refractivity (Wildman–Crippen MR) is 108 cm³/mol. The Hall–Kier alpha value is -3.01. The number of nitrogens with zero attached hydrogens (tertiary/aromatic N) is 1. The lowest BCUT2D eigenvalue weighted by atomic mass is 9.97. The van der Waals surface area contributed by atoms with Gasteiger partial charge < -0.3 is 15.0 Å². The normalized spacial score (nSPS) is 11.8. The van der Waals surface area contributed by atoms with E-state index in [2.05, 4.69) is 11.4 Å². The van der Waals surface area contributed by atoms with Crippen molar-refractivity contribution in [3.8, 4) is 5.75 Å². The largest absolute Gasteiger partial charge is 0.497 e. The van der Waals surface area contributed by atoms with Crippen LogP contribution in [0.3, 0.4) is 0 Å². The highest BCUT2D eigenvalue weighted by Gasteiger charge is 2.16. The van der Waals surface area contributed by atoms with E-state index in [4.69, 9.17) is 4.74 Å². The summed E-state index contributed by atoms with van der Waals surface area (Å²) < 4.78 is 5.26. The van der Waals surface area contributed by atoms with E-state index in [0.29, 0.717) is 0 Å². The third-order valence-corrected chi connectivity index (χ3v) is 4.62. The molecular formula is C22H24N2O2. The number of carbonyl (C=O) groups excluding carboxylic acids is 1. The fourth-order valence-electron chi connectivity index (χ4n) is 2.88. The molecule has 26 heavy (non-hydrogen) atoms. The molecule has 0 radical (unpaired) electrons. The van der Waals surface area contributed by atoms with Crippen LogP contribution in [0.5, 0.6) is 5.75 Å². The molecule has 0 fully saturated rings. The molecule has 4 heteroatoms. The zero-order valence-corrected chi connectivity index (χ0v) is 15.6. The lowest BCUT2D eigenvalue weighted by Crippen LogP contribution is -2.19. The second kappa shape index (κ2) is 7.48. The summed E-state index contributed by atoms with van der Waals surface area (Å²) in [5.74, 6) is 0.572. The minimum Gasteiger partial charge on any atom is -0.497 e. The SMILES string of the molecule is COc1ccc2cc([C@@H](C)C(=O)Nc3ccc(N(C)C)cc3)ccc2c1. The van der Waals surface area contributed by atoms with Crippen molar-refractivity contribution in [1.29, 1.82) is 0 Å². The highest BCUT2D eigenvalue weighted by atomic mass is 16.5. The van der Waals surface area contributed by atoms with E-state index in [9.17, 15) is 4.79 Å². The first kappa shape index (κ1) is 17.8. The van der Waals surface area contributed by atoms with Crippen LogP contribution in [-0.4, -0.2) is 27.1 Å². The Morgan fingerprint density at radius 2 is 1.62 bits per heavy atom. The van der Waals surface area contributed by atoms with Crippen LogP contribution >= 0.6 is 0 Å². The molecule has 0 aliphatic carbocycles. The number of amides is 1. The van der Waals surface area contributed by atoms with Crippen LogP contribution in [0.1, 0.15) is 18.4 Å². The summed E-state index contributed by atoms with van der Waals surface area (Å²) in [6, 6.07) is 19.9. The van der Waals surface area contributed by atoms with Gasteiger partial charge in [0.15, 0.2) is 0 Å². The zero-order chi connectivity index (χ0) is 18.7. The smallest absolute Gasteiger partial charge is 0.231 e. The van der Waals surface area contributed by atoms with E-state index >= 15 is 0 Å². The maximum atomic E-state index is 12.6. The first-order chi connectivity index (χ1) is 12.5. The Labute approximate surface area is 154 Å².